The van der Waals surface area contributed by atoms with Crippen LogP contribution in [0.4, 0.5) is 18.9 Å². The van der Waals surface area contributed by atoms with Crippen molar-refractivity contribution in [1.82, 2.24) is 4.98 Å². The molecule has 0 bridgehead atoms. The first-order valence-electron chi connectivity index (χ1n) is 4.72. The van der Waals surface area contributed by atoms with Gasteiger partial charge in [-0.25, -0.2) is 9.78 Å². The standard InChI is InChI=1S/C10H9F3N2O3/c1-4-3-6(15-9(18)10(11,12)13)5(2)14-7(4)8(16)17/h3H,1-2H3,(H,15,18)(H,16,17). The Balaban J connectivity index is 3.10. The number of nitrogens with one attached hydrogen (secondary N) is 1. The molecule has 1 aromatic heterocycles. The van der Waals surface area contributed by atoms with E-state index in [2.05, 4.69) is 4.98 Å². The van der Waals surface area contributed by atoms with Gasteiger partial charge in [-0.3, -0.25) is 4.79 Å². The fourth-order valence-electron chi connectivity index (χ4n) is 1.24. The minimum absolute atomic E-state index is 0.00407. The Morgan fingerprint density at radius 2 is 1.89 bits per heavy atom. The molecule has 0 saturated carbocycles. The van der Waals surface area contributed by atoms with Crippen LogP contribution < -0.4 is 5.32 Å². The van der Waals surface area contributed by atoms with E-state index in [4.69, 9.17) is 5.11 Å². The van der Waals surface area contributed by atoms with Crippen molar-refractivity contribution in [2.45, 2.75) is 20.0 Å². The van der Waals surface area contributed by atoms with E-state index in [0.717, 1.165) is 6.07 Å². The maximum absolute atomic E-state index is 12.0. The number of carboxylic acid groups (broad SMARTS) is 1. The first kappa shape index (κ1) is 13.9. The maximum atomic E-state index is 12.0. The number of hydrogen-bond donors (Lipinski definition) is 2. The van der Waals surface area contributed by atoms with Crippen LogP contribution >= 0.6 is 0 Å². The van der Waals surface area contributed by atoms with Crippen LogP contribution in [0.25, 0.3) is 0 Å². The number of carbonyl (C=O) groups excluding carboxylic acids is 1. The van der Waals surface area contributed by atoms with Crippen molar-refractivity contribution in [1.29, 1.82) is 0 Å². The van der Waals surface area contributed by atoms with E-state index < -0.39 is 18.1 Å². The van der Waals surface area contributed by atoms with Crippen LogP contribution in [0.2, 0.25) is 0 Å². The SMILES string of the molecule is Cc1cc(NC(=O)C(F)(F)F)c(C)nc1C(=O)O. The number of nitrogens with zero attached hydrogens (tertiary/aromatic N) is 1. The lowest BCUT2D eigenvalue weighted by atomic mass is 10.1. The highest BCUT2D eigenvalue weighted by atomic mass is 19.4. The average Bonchev–Trinajstić information content (AvgIpc) is 2.21. The highest BCUT2D eigenvalue weighted by molar-refractivity contribution is 5.96. The van der Waals surface area contributed by atoms with E-state index in [-0.39, 0.29) is 22.6 Å². The van der Waals surface area contributed by atoms with E-state index >= 15 is 0 Å². The topological polar surface area (TPSA) is 79.3 Å². The van der Waals surface area contributed by atoms with Crippen molar-refractivity contribution < 1.29 is 27.9 Å². The molecule has 0 aliphatic heterocycles. The third-order valence-electron chi connectivity index (χ3n) is 2.11. The van der Waals surface area contributed by atoms with E-state index in [0.29, 0.717) is 0 Å². The number of hydrogen-bond acceptors (Lipinski definition) is 3. The number of amides is 1. The number of anilines is 1. The molecule has 1 amide bonds. The Hall–Kier alpha value is -2.12. The zero-order valence-corrected chi connectivity index (χ0v) is 9.42. The van der Waals surface area contributed by atoms with Gasteiger partial charge in [0.1, 0.15) is 0 Å². The lowest BCUT2D eigenvalue weighted by molar-refractivity contribution is -0.167. The smallest absolute Gasteiger partial charge is 0.471 e. The van der Waals surface area contributed by atoms with Gasteiger partial charge in [0.25, 0.3) is 0 Å². The van der Waals surface area contributed by atoms with Crippen molar-refractivity contribution >= 4 is 17.6 Å². The van der Waals surface area contributed by atoms with Crippen LogP contribution in [0, 0.1) is 13.8 Å². The van der Waals surface area contributed by atoms with E-state index in [1.807, 2.05) is 0 Å². The van der Waals surface area contributed by atoms with Gasteiger partial charge in [0.2, 0.25) is 0 Å². The van der Waals surface area contributed by atoms with Gasteiger partial charge in [-0.15, -0.1) is 0 Å². The summed E-state index contributed by atoms with van der Waals surface area (Å²) in [7, 11) is 0. The Morgan fingerprint density at radius 1 is 1.33 bits per heavy atom. The molecule has 1 aromatic rings. The van der Waals surface area contributed by atoms with Crippen LogP contribution in [0.15, 0.2) is 6.07 Å². The summed E-state index contributed by atoms with van der Waals surface area (Å²) in [6.07, 6.45) is -5.01. The normalized spacial score (nSPS) is 11.2. The molecular formula is C10H9F3N2O3. The Bertz CT molecular complexity index is 512. The molecule has 0 aliphatic rings. The lowest BCUT2D eigenvalue weighted by Crippen LogP contribution is -2.30. The molecule has 0 radical (unpaired) electrons. The van der Waals surface area contributed by atoms with Crippen LogP contribution in [0.1, 0.15) is 21.7 Å². The van der Waals surface area contributed by atoms with Gasteiger partial charge in [0.05, 0.1) is 11.4 Å². The molecule has 0 fully saturated rings. The molecule has 0 saturated heterocycles. The molecule has 2 N–H and O–H groups in total. The molecule has 98 valence electrons. The molecule has 0 aliphatic carbocycles. The summed E-state index contributed by atoms with van der Waals surface area (Å²) in [6, 6.07) is 1.13. The molecule has 0 aromatic carbocycles. The monoisotopic (exact) mass is 262 g/mol. The van der Waals surface area contributed by atoms with Crippen LogP contribution in [0.5, 0.6) is 0 Å². The number of aryl methyl sites for hydroxylation is 2. The van der Waals surface area contributed by atoms with Gasteiger partial charge in [-0.1, -0.05) is 0 Å². The first-order valence-corrected chi connectivity index (χ1v) is 4.72. The fraction of sp³-hybridized carbons (Fsp3) is 0.300. The van der Waals surface area contributed by atoms with Crippen molar-refractivity contribution in [3.8, 4) is 0 Å². The fourth-order valence-corrected chi connectivity index (χ4v) is 1.24. The number of carbonyl (C=O) groups is 2. The van der Waals surface area contributed by atoms with Gasteiger partial charge in [-0.2, -0.15) is 13.2 Å². The highest BCUT2D eigenvalue weighted by Gasteiger charge is 2.39. The number of pyridine rings is 1. The van der Waals surface area contributed by atoms with Crippen LogP contribution in [-0.4, -0.2) is 28.1 Å². The molecule has 5 nitrogen and oxygen atoms in total. The lowest BCUT2D eigenvalue weighted by Gasteiger charge is -2.11. The zero-order valence-electron chi connectivity index (χ0n) is 9.42. The zero-order chi connectivity index (χ0) is 14.1. The number of carboxylic acids is 1. The van der Waals surface area contributed by atoms with Crippen molar-refractivity contribution in [2.75, 3.05) is 5.32 Å². The molecule has 0 atom stereocenters. The van der Waals surface area contributed by atoms with Crippen molar-refractivity contribution in [3.05, 3.63) is 23.0 Å². The highest BCUT2D eigenvalue weighted by Crippen LogP contribution is 2.21. The Labute approximate surface area is 99.6 Å². The van der Waals surface area contributed by atoms with Crippen LogP contribution in [-0.2, 0) is 4.79 Å². The average molecular weight is 262 g/mol. The second kappa shape index (κ2) is 4.63. The summed E-state index contributed by atoms with van der Waals surface area (Å²) in [4.78, 5) is 25.1. The van der Waals surface area contributed by atoms with Crippen LogP contribution in [0.3, 0.4) is 0 Å². The summed E-state index contributed by atoms with van der Waals surface area (Å²) >= 11 is 0. The summed E-state index contributed by atoms with van der Waals surface area (Å²) in [5.74, 6) is -3.42. The number of aromatic nitrogens is 1. The molecule has 1 heterocycles. The summed E-state index contributed by atoms with van der Waals surface area (Å²) < 4.78 is 36.1. The molecule has 0 spiro atoms. The Morgan fingerprint density at radius 3 is 2.33 bits per heavy atom. The second-order valence-corrected chi connectivity index (χ2v) is 3.54. The van der Waals surface area contributed by atoms with Gasteiger partial charge < -0.3 is 10.4 Å². The van der Waals surface area contributed by atoms with Crippen molar-refractivity contribution in [3.63, 3.8) is 0 Å². The van der Waals surface area contributed by atoms with Gasteiger partial charge in [0, 0.05) is 0 Å². The largest absolute Gasteiger partial charge is 0.477 e. The third kappa shape index (κ3) is 2.96. The van der Waals surface area contributed by atoms with Gasteiger partial charge in [-0.05, 0) is 25.5 Å². The predicted molar refractivity (Wildman–Crippen MR) is 55.4 cm³/mol. The molecule has 0 unspecified atom stereocenters. The number of halogens is 3. The second-order valence-electron chi connectivity index (χ2n) is 3.54. The van der Waals surface area contributed by atoms with E-state index in [1.54, 1.807) is 5.32 Å². The van der Waals surface area contributed by atoms with E-state index in [1.165, 1.54) is 13.8 Å². The number of alkyl halides is 3. The van der Waals surface area contributed by atoms with Crippen molar-refractivity contribution in [2.24, 2.45) is 0 Å². The number of rotatable bonds is 2. The number of aromatic carboxylic acids is 1. The third-order valence-corrected chi connectivity index (χ3v) is 2.11. The first-order chi connectivity index (χ1) is 8.12. The maximum Gasteiger partial charge on any atom is 0.471 e. The molecule has 1 rings (SSSR count). The summed E-state index contributed by atoms with van der Waals surface area (Å²) in [5, 5.41) is 10.4. The summed E-state index contributed by atoms with van der Waals surface area (Å²) in [6.45, 7) is 2.68. The minimum Gasteiger partial charge on any atom is -0.477 e. The molecule has 18 heavy (non-hydrogen) atoms. The molecular weight excluding hydrogens is 253 g/mol. The predicted octanol–water partition coefficient (Wildman–Crippen LogP) is 1.90. The van der Waals surface area contributed by atoms with E-state index in [9.17, 15) is 22.8 Å². The van der Waals surface area contributed by atoms with Gasteiger partial charge in [0.15, 0.2) is 5.69 Å². The Kier molecular flexibility index (Phi) is 3.59. The minimum atomic E-state index is -5.01. The molecule has 8 heteroatoms. The van der Waals surface area contributed by atoms with Gasteiger partial charge >= 0.3 is 18.1 Å². The quantitative estimate of drug-likeness (QED) is 0.853. The summed E-state index contributed by atoms with van der Waals surface area (Å²) in [5.41, 5.74) is -0.279.